The van der Waals surface area contributed by atoms with E-state index in [1.807, 2.05) is 31.2 Å². The number of fused-ring (bicyclic) bond motifs is 1. The van der Waals surface area contributed by atoms with Crippen molar-refractivity contribution in [3.8, 4) is 11.5 Å². The van der Waals surface area contributed by atoms with Crippen LogP contribution < -0.4 is 20.1 Å². The maximum absolute atomic E-state index is 12.0. The van der Waals surface area contributed by atoms with Gasteiger partial charge in [-0.2, -0.15) is 0 Å². The number of aliphatic hydroxyl groups excluding tert-OH is 1. The summed E-state index contributed by atoms with van der Waals surface area (Å²) >= 11 is 0. The molecule has 0 saturated carbocycles. The summed E-state index contributed by atoms with van der Waals surface area (Å²) in [5.74, 6) is 1.22. The number of nitrogens with one attached hydrogen (secondary N) is 2. The fraction of sp³-hybridized carbons (Fsp3) is 0.500. The first-order chi connectivity index (χ1) is 15.9. The van der Waals surface area contributed by atoms with Crippen molar-refractivity contribution in [2.75, 3.05) is 38.3 Å². The number of β-amino-alcohol motifs (C(OH)–C–C–N with tert-alkyl or cyclic N) is 1. The van der Waals surface area contributed by atoms with Crippen molar-refractivity contribution >= 4 is 11.6 Å². The Morgan fingerprint density at radius 2 is 1.82 bits per heavy atom. The molecule has 0 bridgehead atoms. The molecule has 7 heteroatoms. The predicted octanol–water partition coefficient (Wildman–Crippen LogP) is 3.34. The van der Waals surface area contributed by atoms with Crippen LogP contribution in [0.4, 0.5) is 5.69 Å². The summed E-state index contributed by atoms with van der Waals surface area (Å²) in [6.45, 7) is 8.26. The maximum atomic E-state index is 12.0. The standard InChI is InChI=1S/C26H36N2O5/c1-4-31-14-15-32-23-12-11-22(21-10-13-24(30)28-25(21)23)33-18-20(29)17-27-26(2,3)16-19-8-6-5-7-9-19/h5-9,11-12,20,27,29H,4,10,13-18H2,1-3H3,(H,28,30). The summed E-state index contributed by atoms with van der Waals surface area (Å²) in [6, 6.07) is 13.9. The zero-order valence-corrected chi connectivity index (χ0v) is 19.9. The first kappa shape index (κ1) is 25.0. The van der Waals surface area contributed by atoms with E-state index in [1.54, 1.807) is 6.07 Å². The molecule has 2 aromatic rings. The molecule has 0 saturated heterocycles. The predicted molar refractivity (Wildman–Crippen MR) is 129 cm³/mol. The molecule has 0 aromatic heterocycles. The first-order valence-electron chi connectivity index (χ1n) is 11.6. The summed E-state index contributed by atoms with van der Waals surface area (Å²) in [5.41, 5.74) is 2.63. The van der Waals surface area contributed by atoms with Crippen molar-refractivity contribution in [1.29, 1.82) is 0 Å². The number of hydrogen-bond acceptors (Lipinski definition) is 6. The molecule has 33 heavy (non-hydrogen) atoms. The molecule has 7 nitrogen and oxygen atoms in total. The second-order valence-electron chi connectivity index (χ2n) is 8.90. The SMILES string of the molecule is CCOCCOc1ccc(OCC(O)CNC(C)(C)Cc2ccccc2)c2c1NC(=O)CC2. The third-order valence-corrected chi connectivity index (χ3v) is 5.52. The third-order valence-electron chi connectivity index (χ3n) is 5.52. The van der Waals surface area contributed by atoms with E-state index in [0.29, 0.717) is 56.4 Å². The summed E-state index contributed by atoms with van der Waals surface area (Å²) in [5, 5.41) is 16.9. The molecular formula is C26H36N2O5. The number of rotatable bonds is 13. The van der Waals surface area contributed by atoms with E-state index < -0.39 is 6.10 Å². The molecule has 0 fully saturated rings. The van der Waals surface area contributed by atoms with Gasteiger partial charge in [-0.05, 0) is 51.3 Å². The second-order valence-corrected chi connectivity index (χ2v) is 8.90. The largest absolute Gasteiger partial charge is 0.490 e. The Hall–Kier alpha value is -2.61. The van der Waals surface area contributed by atoms with Crippen LogP contribution in [0.25, 0.3) is 0 Å². The van der Waals surface area contributed by atoms with Crippen molar-refractivity contribution in [3.63, 3.8) is 0 Å². The van der Waals surface area contributed by atoms with Crippen molar-refractivity contribution in [3.05, 3.63) is 53.6 Å². The van der Waals surface area contributed by atoms with Gasteiger partial charge in [0.2, 0.25) is 5.91 Å². The molecule has 1 heterocycles. The van der Waals surface area contributed by atoms with Crippen LogP contribution in [-0.2, 0) is 22.4 Å². The molecule has 3 rings (SSSR count). The van der Waals surface area contributed by atoms with Crippen LogP contribution in [0.5, 0.6) is 11.5 Å². The number of amides is 1. The molecule has 180 valence electrons. The molecule has 0 spiro atoms. The van der Waals surface area contributed by atoms with E-state index in [2.05, 4.69) is 36.6 Å². The Labute approximate surface area is 196 Å². The monoisotopic (exact) mass is 456 g/mol. The molecule has 1 amide bonds. The highest BCUT2D eigenvalue weighted by Crippen LogP contribution is 2.39. The van der Waals surface area contributed by atoms with Gasteiger partial charge in [0.1, 0.15) is 30.8 Å². The molecule has 1 atom stereocenters. The quantitative estimate of drug-likeness (QED) is 0.401. The van der Waals surface area contributed by atoms with Gasteiger partial charge in [0, 0.05) is 30.7 Å². The van der Waals surface area contributed by atoms with E-state index >= 15 is 0 Å². The van der Waals surface area contributed by atoms with Gasteiger partial charge in [-0.3, -0.25) is 4.79 Å². The lowest BCUT2D eigenvalue weighted by Gasteiger charge is -2.28. The Balaban J connectivity index is 1.55. The third kappa shape index (κ3) is 7.74. The Morgan fingerprint density at radius 1 is 1.06 bits per heavy atom. The number of hydrogen-bond donors (Lipinski definition) is 3. The lowest BCUT2D eigenvalue weighted by atomic mass is 9.95. The zero-order valence-electron chi connectivity index (χ0n) is 19.9. The highest BCUT2D eigenvalue weighted by Gasteiger charge is 2.24. The molecule has 0 aliphatic carbocycles. The highest BCUT2D eigenvalue weighted by molar-refractivity contribution is 5.96. The molecule has 2 aromatic carbocycles. The maximum Gasteiger partial charge on any atom is 0.224 e. The summed E-state index contributed by atoms with van der Waals surface area (Å²) in [4.78, 5) is 12.0. The molecule has 0 radical (unpaired) electrons. The van der Waals surface area contributed by atoms with Gasteiger partial charge in [0.15, 0.2) is 0 Å². The number of ether oxygens (including phenoxy) is 3. The molecule has 1 aliphatic heterocycles. The van der Waals surface area contributed by atoms with Crippen molar-refractivity contribution < 1.29 is 24.1 Å². The average Bonchev–Trinajstić information content (AvgIpc) is 2.80. The number of anilines is 1. The van der Waals surface area contributed by atoms with Gasteiger partial charge in [0.05, 0.1) is 12.3 Å². The Kier molecular flexibility index (Phi) is 9.11. The fourth-order valence-electron chi connectivity index (χ4n) is 3.85. The summed E-state index contributed by atoms with van der Waals surface area (Å²) < 4.78 is 17.1. The second kappa shape index (κ2) is 12.0. The van der Waals surface area contributed by atoms with Crippen LogP contribution in [0.2, 0.25) is 0 Å². The van der Waals surface area contributed by atoms with Crippen molar-refractivity contribution in [2.45, 2.75) is 51.7 Å². The minimum Gasteiger partial charge on any atom is -0.490 e. The van der Waals surface area contributed by atoms with Gasteiger partial charge in [-0.15, -0.1) is 0 Å². The van der Waals surface area contributed by atoms with Crippen LogP contribution in [0.1, 0.15) is 38.3 Å². The van der Waals surface area contributed by atoms with Gasteiger partial charge in [0.25, 0.3) is 0 Å². The van der Waals surface area contributed by atoms with Gasteiger partial charge in [-0.25, -0.2) is 0 Å². The number of benzene rings is 2. The molecule has 1 unspecified atom stereocenters. The van der Waals surface area contributed by atoms with Gasteiger partial charge < -0.3 is 30.0 Å². The van der Waals surface area contributed by atoms with Gasteiger partial charge in [-0.1, -0.05) is 30.3 Å². The highest BCUT2D eigenvalue weighted by atomic mass is 16.5. The summed E-state index contributed by atoms with van der Waals surface area (Å²) in [7, 11) is 0. The topological polar surface area (TPSA) is 89.1 Å². The molecular weight excluding hydrogens is 420 g/mol. The first-order valence-corrected chi connectivity index (χ1v) is 11.6. The van der Waals surface area contributed by atoms with Crippen LogP contribution in [0.15, 0.2) is 42.5 Å². The van der Waals surface area contributed by atoms with E-state index in [4.69, 9.17) is 14.2 Å². The van der Waals surface area contributed by atoms with E-state index in [-0.39, 0.29) is 18.1 Å². The van der Waals surface area contributed by atoms with E-state index in [1.165, 1.54) is 5.56 Å². The van der Waals surface area contributed by atoms with Crippen LogP contribution in [0.3, 0.4) is 0 Å². The summed E-state index contributed by atoms with van der Waals surface area (Å²) in [6.07, 6.45) is 1.15. The minimum atomic E-state index is -0.670. The van der Waals surface area contributed by atoms with E-state index in [9.17, 15) is 9.90 Å². The smallest absolute Gasteiger partial charge is 0.224 e. The molecule has 3 N–H and O–H groups in total. The van der Waals surface area contributed by atoms with Crippen LogP contribution in [0, 0.1) is 0 Å². The van der Waals surface area contributed by atoms with Crippen molar-refractivity contribution in [1.82, 2.24) is 5.32 Å². The van der Waals surface area contributed by atoms with Gasteiger partial charge >= 0.3 is 0 Å². The lowest BCUT2D eigenvalue weighted by molar-refractivity contribution is -0.116. The molecule has 1 aliphatic rings. The number of aliphatic hydroxyl groups is 1. The van der Waals surface area contributed by atoms with Crippen LogP contribution in [-0.4, -0.2) is 55.6 Å². The average molecular weight is 457 g/mol. The Morgan fingerprint density at radius 3 is 2.58 bits per heavy atom. The number of carbonyl (C=O) groups excluding carboxylic acids is 1. The normalized spacial score (nSPS) is 14.4. The van der Waals surface area contributed by atoms with E-state index in [0.717, 1.165) is 12.0 Å². The zero-order chi connectivity index (χ0) is 23.7. The Bertz CT molecular complexity index is 901. The van der Waals surface area contributed by atoms with Crippen LogP contribution >= 0.6 is 0 Å². The fourth-order valence-corrected chi connectivity index (χ4v) is 3.85. The van der Waals surface area contributed by atoms with Crippen molar-refractivity contribution in [2.24, 2.45) is 0 Å². The lowest BCUT2D eigenvalue weighted by Crippen LogP contribution is -2.46. The minimum absolute atomic E-state index is 0.0424. The number of carbonyl (C=O) groups is 1.